The smallest absolute Gasteiger partial charge is 0.243 e. The first-order valence-corrected chi connectivity index (χ1v) is 10.5. The van der Waals surface area contributed by atoms with E-state index >= 15 is 0 Å². The molecule has 1 N–H and O–H groups in total. The number of amides is 2. The SMILES string of the molecule is CC1CCN(c2ccc(CNC(=O)C3CCCN3C(=O)C(C)(C)C)cn2)CC1. The Kier molecular flexibility index (Phi) is 6.26. The predicted octanol–water partition coefficient (Wildman–Crippen LogP) is 2.97. The lowest BCUT2D eigenvalue weighted by Gasteiger charge is -2.31. The van der Waals surface area contributed by atoms with Gasteiger partial charge in [0.05, 0.1) is 0 Å². The number of nitrogens with one attached hydrogen (secondary N) is 1. The molecule has 0 saturated carbocycles. The number of carbonyl (C=O) groups is 2. The second kappa shape index (κ2) is 8.50. The zero-order valence-corrected chi connectivity index (χ0v) is 17.7. The van der Waals surface area contributed by atoms with Crippen LogP contribution in [-0.4, -0.2) is 47.4 Å². The zero-order chi connectivity index (χ0) is 20.3. The van der Waals surface area contributed by atoms with E-state index in [1.807, 2.05) is 39.1 Å². The first-order chi connectivity index (χ1) is 13.3. The minimum atomic E-state index is -0.463. The third-order valence-electron chi connectivity index (χ3n) is 5.84. The van der Waals surface area contributed by atoms with Gasteiger partial charge in [0.1, 0.15) is 11.9 Å². The van der Waals surface area contributed by atoms with Crippen LogP contribution in [0.3, 0.4) is 0 Å². The lowest BCUT2D eigenvalue weighted by atomic mass is 9.94. The molecule has 2 amide bonds. The molecule has 6 heteroatoms. The van der Waals surface area contributed by atoms with Gasteiger partial charge in [-0.2, -0.15) is 0 Å². The Morgan fingerprint density at radius 2 is 1.86 bits per heavy atom. The molecule has 154 valence electrons. The molecule has 0 radical (unpaired) electrons. The van der Waals surface area contributed by atoms with Crippen LogP contribution < -0.4 is 10.2 Å². The molecule has 3 heterocycles. The topological polar surface area (TPSA) is 65.5 Å². The van der Waals surface area contributed by atoms with Crippen molar-refractivity contribution in [2.24, 2.45) is 11.3 Å². The number of rotatable bonds is 4. The Bertz CT molecular complexity index is 687. The number of carbonyl (C=O) groups excluding carboxylic acids is 2. The molecule has 1 aromatic rings. The second-order valence-corrected chi connectivity index (χ2v) is 9.32. The van der Waals surface area contributed by atoms with E-state index in [4.69, 9.17) is 0 Å². The monoisotopic (exact) mass is 386 g/mol. The van der Waals surface area contributed by atoms with Crippen LogP contribution in [0.25, 0.3) is 0 Å². The molecule has 28 heavy (non-hydrogen) atoms. The first kappa shape index (κ1) is 20.6. The van der Waals surface area contributed by atoms with E-state index in [-0.39, 0.29) is 17.9 Å². The van der Waals surface area contributed by atoms with Crippen molar-refractivity contribution in [3.8, 4) is 0 Å². The van der Waals surface area contributed by atoms with Gasteiger partial charge in [0.25, 0.3) is 0 Å². The molecule has 1 aromatic heterocycles. The second-order valence-electron chi connectivity index (χ2n) is 9.32. The summed E-state index contributed by atoms with van der Waals surface area (Å²) in [6.45, 7) is 11.2. The van der Waals surface area contributed by atoms with E-state index in [1.165, 1.54) is 12.8 Å². The summed E-state index contributed by atoms with van der Waals surface area (Å²) in [6.07, 6.45) is 5.89. The summed E-state index contributed by atoms with van der Waals surface area (Å²) in [5.41, 5.74) is 0.517. The van der Waals surface area contributed by atoms with Crippen molar-refractivity contribution in [2.75, 3.05) is 24.5 Å². The molecule has 0 aromatic carbocycles. The molecule has 1 unspecified atom stereocenters. The van der Waals surface area contributed by atoms with Crippen LogP contribution >= 0.6 is 0 Å². The Labute approximate surface area is 168 Å². The van der Waals surface area contributed by atoms with E-state index in [2.05, 4.69) is 22.1 Å². The van der Waals surface area contributed by atoms with Crippen molar-refractivity contribution < 1.29 is 9.59 Å². The van der Waals surface area contributed by atoms with Crippen LogP contribution in [-0.2, 0) is 16.1 Å². The van der Waals surface area contributed by atoms with Gasteiger partial charge in [-0.05, 0) is 43.2 Å². The van der Waals surface area contributed by atoms with Crippen molar-refractivity contribution in [2.45, 2.75) is 66.0 Å². The summed E-state index contributed by atoms with van der Waals surface area (Å²) in [5, 5.41) is 3.00. The summed E-state index contributed by atoms with van der Waals surface area (Å²) in [4.78, 5) is 33.9. The Balaban J connectivity index is 1.53. The van der Waals surface area contributed by atoms with Crippen molar-refractivity contribution in [3.05, 3.63) is 23.9 Å². The van der Waals surface area contributed by atoms with Gasteiger partial charge in [-0.1, -0.05) is 33.8 Å². The summed E-state index contributed by atoms with van der Waals surface area (Å²) in [6, 6.07) is 3.73. The van der Waals surface area contributed by atoms with Gasteiger partial charge in [0.2, 0.25) is 11.8 Å². The lowest BCUT2D eigenvalue weighted by molar-refractivity contribution is -0.144. The van der Waals surface area contributed by atoms with E-state index in [0.717, 1.165) is 43.2 Å². The number of likely N-dealkylation sites (tertiary alicyclic amines) is 1. The third kappa shape index (κ3) is 4.83. The van der Waals surface area contributed by atoms with Gasteiger partial charge in [0, 0.05) is 37.8 Å². The maximum Gasteiger partial charge on any atom is 0.243 e. The highest BCUT2D eigenvalue weighted by Crippen LogP contribution is 2.26. The minimum Gasteiger partial charge on any atom is -0.357 e. The summed E-state index contributed by atoms with van der Waals surface area (Å²) in [7, 11) is 0. The van der Waals surface area contributed by atoms with Gasteiger partial charge >= 0.3 is 0 Å². The highest BCUT2D eigenvalue weighted by atomic mass is 16.2. The fourth-order valence-electron chi connectivity index (χ4n) is 3.97. The highest BCUT2D eigenvalue weighted by Gasteiger charge is 2.38. The van der Waals surface area contributed by atoms with Crippen molar-refractivity contribution in [1.29, 1.82) is 0 Å². The van der Waals surface area contributed by atoms with E-state index in [9.17, 15) is 9.59 Å². The molecule has 2 saturated heterocycles. The molecule has 0 spiro atoms. The van der Waals surface area contributed by atoms with Gasteiger partial charge in [-0.15, -0.1) is 0 Å². The zero-order valence-electron chi connectivity index (χ0n) is 17.7. The summed E-state index contributed by atoms with van der Waals surface area (Å²) >= 11 is 0. The fourth-order valence-corrected chi connectivity index (χ4v) is 3.97. The lowest BCUT2D eigenvalue weighted by Crippen LogP contribution is -2.49. The Morgan fingerprint density at radius 1 is 1.14 bits per heavy atom. The standard InChI is InChI=1S/C22H34N4O2/c1-16-9-12-25(13-10-16)19-8-7-17(14-23-19)15-24-20(27)18-6-5-11-26(18)21(28)22(2,3)4/h7-8,14,16,18H,5-6,9-13,15H2,1-4H3,(H,24,27). The molecule has 3 rings (SSSR count). The number of anilines is 1. The maximum absolute atomic E-state index is 12.7. The molecule has 6 nitrogen and oxygen atoms in total. The molecule has 0 bridgehead atoms. The number of piperidine rings is 1. The molecular weight excluding hydrogens is 352 g/mol. The summed E-state index contributed by atoms with van der Waals surface area (Å²) in [5.74, 6) is 1.79. The molecular formula is C22H34N4O2. The van der Waals surface area contributed by atoms with Crippen LogP contribution in [0.15, 0.2) is 18.3 Å². The van der Waals surface area contributed by atoms with E-state index in [1.54, 1.807) is 4.90 Å². The van der Waals surface area contributed by atoms with Crippen LogP contribution in [0, 0.1) is 11.3 Å². The quantitative estimate of drug-likeness (QED) is 0.864. The molecule has 2 aliphatic rings. The van der Waals surface area contributed by atoms with Crippen LogP contribution in [0.4, 0.5) is 5.82 Å². The number of aromatic nitrogens is 1. The highest BCUT2D eigenvalue weighted by molar-refractivity contribution is 5.90. The molecule has 1 atom stereocenters. The average molecular weight is 387 g/mol. The largest absolute Gasteiger partial charge is 0.357 e. The van der Waals surface area contributed by atoms with Crippen molar-refractivity contribution in [3.63, 3.8) is 0 Å². The van der Waals surface area contributed by atoms with Crippen LogP contribution in [0.5, 0.6) is 0 Å². The Morgan fingerprint density at radius 3 is 2.46 bits per heavy atom. The van der Waals surface area contributed by atoms with Crippen molar-refractivity contribution in [1.82, 2.24) is 15.2 Å². The van der Waals surface area contributed by atoms with Crippen molar-refractivity contribution >= 4 is 17.6 Å². The van der Waals surface area contributed by atoms with Gasteiger partial charge in [-0.25, -0.2) is 4.98 Å². The molecule has 2 fully saturated rings. The van der Waals surface area contributed by atoms with E-state index < -0.39 is 5.41 Å². The van der Waals surface area contributed by atoms with Crippen LogP contribution in [0.1, 0.15) is 58.9 Å². The third-order valence-corrected chi connectivity index (χ3v) is 5.84. The normalized spacial score (nSPS) is 21.1. The first-order valence-electron chi connectivity index (χ1n) is 10.5. The Hall–Kier alpha value is -2.11. The molecule has 2 aliphatic heterocycles. The average Bonchev–Trinajstić information content (AvgIpc) is 3.15. The predicted molar refractivity (Wildman–Crippen MR) is 111 cm³/mol. The fraction of sp³-hybridized carbons (Fsp3) is 0.682. The number of hydrogen-bond donors (Lipinski definition) is 1. The minimum absolute atomic E-state index is 0.0482. The number of hydrogen-bond acceptors (Lipinski definition) is 4. The maximum atomic E-state index is 12.7. The van der Waals surface area contributed by atoms with Gasteiger partial charge < -0.3 is 15.1 Å². The summed E-state index contributed by atoms with van der Waals surface area (Å²) < 4.78 is 0. The molecule has 0 aliphatic carbocycles. The van der Waals surface area contributed by atoms with Gasteiger partial charge in [0.15, 0.2) is 0 Å². The number of pyridine rings is 1. The van der Waals surface area contributed by atoms with Gasteiger partial charge in [-0.3, -0.25) is 9.59 Å². The van der Waals surface area contributed by atoms with Crippen LogP contribution in [0.2, 0.25) is 0 Å². The number of nitrogens with zero attached hydrogens (tertiary/aromatic N) is 3. The van der Waals surface area contributed by atoms with E-state index in [0.29, 0.717) is 13.1 Å².